The predicted octanol–water partition coefficient (Wildman–Crippen LogP) is 4.21. The van der Waals surface area contributed by atoms with Gasteiger partial charge in [-0.25, -0.2) is 0 Å². The lowest BCUT2D eigenvalue weighted by Crippen LogP contribution is -2.16. The molecule has 0 unspecified atom stereocenters. The SMILES string of the molecule is CCc1ccnc(-c2ccc(OC(F)(F)F)cc2)c1. The molecule has 0 saturated heterocycles. The Morgan fingerprint density at radius 3 is 2.37 bits per heavy atom. The molecule has 0 bridgehead atoms. The summed E-state index contributed by atoms with van der Waals surface area (Å²) in [5, 5.41) is 0. The van der Waals surface area contributed by atoms with E-state index in [0.29, 0.717) is 0 Å². The molecule has 0 atom stereocenters. The fourth-order valence-electron chi connectivity index (χ4n) is 1.68. The molecule has 0 N–H and O–H groups in total. The zero-order valence-electron chi connectivity index (χ0n) is 10.2. The molecule has 1 heterocycles. The Hall–Kier alpha value is -2.04. The van der Waals surface area contributed by atoms with Crippen LogP contribution in [0.4, 0.5) is 13.2 Å². The average Bonchev–Trinajstić information content (AvgIpc) is 2.38. The van der Waals surface area contributed by atoms with E-state index in [1.165, 1.54) is 12.1 Å². The monoisotopic (exact) mass is 267 g/mol. The molecule has 0 spiro atoms. The number of benzene rings is 1. The first-order valence-corrected chi connectivity index (χ1v) is 5.79. The second-order valence-corrected chi connectivity index (χ2v) is 3.98. The van der Waals surface area contributed by atoms with Crippen LogP contribution in [0.1, 0.15) is 12.5 Å². The number of aromatic nitrogens is 1. The molecular formula is C14H12F3NO. The van der Waals surface area contributed by atoms with E-state index >= 15 is 0 Å². The van der Waals surface area contributed by atoms with Gasteiger partial charge < -0.3 is 4.74 Å². The highest BCUT2D eigenvalue weighted by atomic mass is 19.4. The van der Waals surface area contributed by atoms with Crippen LogP contribution in [0.5, 0.6) is 5.75 Å². The third kappa shape index (κ3) is 3.71. The number of hydrogen-bond acceptors (Lipinski definition) is 2. The standard InChI is InChI=1S/C14H12F3NO/c1-2-10-7-8-18-13(9-10)11-3-5-12(6-4-11)19-14(15,16)17/h3-9H,2H2,1H3. The molecule has 0 amide bonds. The Morgan fingerprint density at radius 1 is 1.11 bits per heavy atom. The van der Waals surface area contributed by atoms with Crippen molar-refractivity contribution in [1.82, 2.24) is 4.98 Å². The third-order valence-corrected chi connectivity index (χ3v) is 2.62. The smallest absolute Gasteiger partial charge is 0.406 e. The maximum atomic E-state index is 12.0. The third-order valence-electron chi connectivity index (χ3n) is 2.62. The van der Waals surface area contributed by atoms with Crippen molar-refractivity contribution in [2.24, 2.45) is 0 Å². The summed E-state index contributed by atoms with van der Waals surface area (Å²) < 4.78 is 39.9. The van der Waals surface area contributed by atoms with E-state index in [2.05, 4.69) is 9.72 Å². The Kier molecular flexibility index (Phi) is 3.74. The zero-order chi connectivity index (χ0) is 13.9. The maximum absolute atomic E-state index is 12.0. The number of alkyl halides is 3. The summed E-state index contributed by atoms with van der Waals surface area (Å²) >= 11 is 0. The molecule has 19 heavy (non-hydrogen) atoms. The zero-order valence-corrected chi connectivity index (χ0v) is 10.2. The van der Waals surface area contributed by atoms with Gasteiger partial charge in [-0.15, -0.1) is 13.2 Å². The van der Waals surface area contributed by atoms with Crippen molar-refractivity contribution in [2.45, 2.75) is 19.7 Å². The van der Waals surface area contributed by atoms with Crippen molar-refractivity contribution in [3.63, 3.8) is 0 Å². The number of pyridine rings is 1. The molecule has 5 heteroatoms. The van der Waals surface area contributed by atoms with Crippen LogP contribution in [-0.2, 0) is 6.42 Å². The van der Waals surface area contributed by atoms with E-state index in [0.717, 1.165) is 23.2 Å². The van der Waals surface area contributed by atoms with E-state index in [1.54, 1.807) is 18.3 Å². The molecule has 0 aliphatic heterocycles. The summed E-state index contributed by atoms with van der Waals surface area (Å²) in [6, 6.07) is 9.50. The summed E-state index contributed by atoms with van der Waals surface area (Å²) in [6.45, 7) is 2.03. The number of hydrogen-bond donors (Lipinski definition) is 0. The Morgan fingerprint density at radius 2 is 1.79 bits per heavy atom. The van der Waals surface area contributed by atoms with Gasteiger partial charge in [0, 0.05) is 11.8 Å². The Bertz CT molecular complexity index is 549. The first-order chi connectivity index (χ1) is 8.98. The molecule has 0 fully saturated rings. The maximum Gasteiger partial charge on any atom is 0.573 e. The van der Waals surface area contributed by atoms with Crippen LogP contribution in [0.15, 0.2) is 42.6 Å². The lowest BCUT2D eigenvalue weighted by molar-refractivity contribution is -0.274. The predicted molar refractivity (Wildman–Crippen MR) is 65.7 cm³/mol. The van der Waals surface area contributed by atoms with Crippen LogP contribution in [0.3, 0.4) is 0 Å². The molecule has 0 aliphatic carbocycles. The summed E-state index contributed by atoms with van der Waals surface area (Å²) in [5.74, 6) is -0.233. The number of aryl methyl sites for hydroxylation is 1. The van der Waals surface area contributed by atoms with E-state index in [1.807, 2.05) is 19.1 Å². The van der Waals surface area contributed by atoms with Crippen LogP contribution >= 0.6 is 0 Å². The van der Waals surface area contributed by atoms with Gasteiger partial charge in [0.05, 0.1) is 5.69 Å². The molecule has 1 aromatic carbocycles. The number of rotatable bonds is 3. The van der Waals surface area contributed by atoms with Crippen molar-refractivity contribution in [1.29, 1.82) is 0 Å². The first kappa shape index (κ1) is 13.4. The summed E-state index contributed by atoms with van der Waals surface area (Å²) in [6.07, 6.45) is -2.10. The van der Waals surface area contributed by atoms with Crippen molar-refractivity contribution in [3.05, 3.63) is 48.2 Å². The van der Waals surface area contributed by atoms with E-state index < -0.39 is 6.36 Å². The van der Waals surface area contributed by atoms with Crippen LogP contribution in [0.2, 0.25) is 0 Å². The summed E-state index contributed by atoms with van der Waals surface area (Å²) in [7, 11) is 0. The quantitative estimate of drug-likeness (QED) is 0.831. The molecule has 0 radical (unpaired) electrons. The largest absolute Gasteiger partial charge is 0.573 e. The van der Waals surface area contributed by atoms with E-state index in [-0.39, 0.29) is 5.75 Å². The van der Waals surface area contributed by atoms with Gasteiger partial charge in [0.1, 0.15) is 5.75 Å². The molecule has 2 nitrogen and oxygen atoms in total. The molecule has 1 aromatic heterocycles. The van der Waals surface area contributed by atoms with Gasteiger partial charge in [-0.3, -0.25) is 4.98 Å². The lowest BCUT2D eigenvalue weighted by Gasteiger charge is -2.09. The highest BCUT2D eigenvalue weighted by Crippen LogP contribution is 2.25. The number of halogens is 3. The summed E-state index contributed by atoms with van der Waals surface area (Å²) in [5.41, 5.74) is 2.61. The average molecular weight is 267 g/mol. The van der Waals surface area contributed by atoms with Gasteiger partial charge in [0.15, 0.2) is 0 Å². The van der Waals surface area contributed by atoms with E-state index in [4.69, 9.17) is 0 Å². The fourth-order valence-corrected chi connectivity index (χ4v) is 1.68. The van der Waals surface area contributed by atoms with Crippen LogP contribution in [0, 0.1) is 0 Å². The van der Waals surface area contributed by atoms with Gasteiger partial charge >= 0.3 is 6.36 Å². The van der Waals surface area contributed by atoms with Crippen LogP contribution in [0.25, 0.3) is 11.3 Å². The van der Waals surface area contributed by atoms with E-state index in [9.17, 15) is 13.2 Å². The van der Waals surface area contributed by atoms with Crippen LogP contribution in [-0.4, -0.2) is 11.3 Å². The highest BCUT2D eigenvalue weighted by molar-refractivity contribution is 5.60. The molecule has 2 rings (SSSR count). The minimum atomic E-state index is -4.66. The second-order valence-electron chi connectivity index (χ2n) is 3.98. The number of ether oxygens (including phenoxy) is 1. The van der Waals surface area contributed by atoms with Gasteiger partial charge in [-0.1, -0.05) is 6.92 Å². The normalized spacial score (nSPS) is 11.4. The van der Waals surface area contributed by atoms with Gasteiger partial charge in [-0.2, -0.15) is 0 Å². The molecule has 100 valence electrons. The fraction of sp³-hybridized carbons (Fsp3) is 0.214. The minimum absolute atomic E-state index is 0.233. The number of nitrogens with zero attached hydrogens (tertiary/aromatic N) is 1. The van der Waals surface area contributed by atoms with Crippen molar-refractivity contribution in [3.8, 4) is 17.0 Å². The van der Waals surface area contributed by atoms with Crippen molar-refractivity contribution in [2.75, 3.05) is 0 Å². The van der Waals surface area contributed by atoms with Crippen molar-refractivity contribution < 1.29 is 17.9 Å². The van der Waals surface area contributed by atoms with Crippen LogP contribution < -0.4 is 4.74 Å². The lowest BCUT2D eigenvalue weighted by atomic mass is 10.1. The summed E-state index contributed by atoms with van der Waals surface area (Å²) in [4.78, 5) is 4.20. The van der Waals surface area contributed by atoms with Gasteiger partial charge in [0.25, 0.3) is 0 Å². The first-order valence-electron chi connectivity index (χ1n) is 5.79. The van der Waals surface area contributed by atoms with Crippen molar-refractivity contribution >= 4 is 0 Å². The molecule has 0 aliphatic rings. The highest BCUT2D eigenvalue weighted by Gasteiger charge is 2.30. The van der Waals surface area contributed by atoms with Gasteiger partial charge in [-0.05, 0) is 48.4 Å². The molecule has 0 saturated carbocycles. The Balaban J connectivity index is 2.22. The molecular weight excluding hydrogens is 255 g/mol. The van der Waals surface area contributed by atoms with Gasteiger partial charge in [0.2, 0.25) is 0 Å². The minimum Gasteiger partial charge on any atom is -0.406 e. The molecule has 2 aromatic rings. The Labute approximate surface area is 108 Å². The second kappa shape index (κ2) is 5.30. The topological polar surface area (TPSA) is 22.1 Å².